The molecule has 1 aliphatic rings. The fraction of sp³-hybridized carbons (Fsp3) is 0.500. The van der Waals surface area contributed by atoms with E-state index in [0.29, 0.717) is 24.3 Å². The van der Waals surface area contributed by atoms with Gasteiger partial charge in [0.25, 0.3) is 0 Å². The van der Waals surface area contributed by atoms with Gasteiger partial charge in [0.1, 0.15) is 5.75 Å². The van der Waals surface area contributed by atoms with Gasteiger partial charge >= 0.3 is 5.97 Å². The third-order valence-corrected chi connectivity index (χ3v) is 5.61. The number of nitrogens with one attached hydrogen (secondary N) is 1. The highest BCUT2D eigenvalue weighted by Gasteiger charge is 2.54. The molecule has 2 N–H and O–H groups in total. The Kier molecular flexibility index (Phi) is 4.13. The molecule has 1 aromatic rings. The topological polar surface area (TPSA) is 92.7 Å². The summed E-state index contributed by atoms with van der Waals surface area (Å²) < 4.78 is 28.9. The lowest BCUT2D eigenvalue weighted by Gasteiger charge is -2.32. The first-order valence-electron chi connectivity index (χ1n) is 6.64. The van der Waals surface area contributed by atoms with Crippen molar-refractivity contribution in [2.75, 3.05) is 18.7 Å². The fourth-order valence-electron chi connectivity index (χ4n) is 2.93. The molecule has 2 unspecified atom stereocenters. The first kappa shape index (κ1) is 15.6. The lowest BCUT2D eigenvalue weighted by Crippen LogP contribution is -2.55. The van der Waals surface area contributed by atoms with Crippen LogP contribution in [0.4, 0.5) is 5.69 Å². The van der Waals surface area contributed by atoms with Gasteiger partial charge in [0, 0.05) is 11.9 Å². The van der Waals surface area contributed by atoms with Crippen molar-refractivity contribution >= 4 is 21.5 Å². The smallest absolute Gasteiger partial charge is 0.330 e. The molecule has 1 saturated carbocycles. The highest BCUT2D eigenvalue weighted by Crippen LogP contribution is 2.38. The van der Waals surface area contributed by atoms with Crippen molar-refractivity contribution in [2.45, 2.75) is 30.1 Å². The Morgan fingerprint density at radius 3 is 2.48 bits per heavy atom. The second kappa shape index (κ2) is 5.55. The molecule has 0 heterocycles. The van der Waals surface area contributed by atoms with Crippen LogP contribution in [-0.2, 0) is 14.6 Å². The van der Waals surface area contributed by atoms with E-state index in [2.05, 4.69) is 5.32 Å². The first-order chi connectivity index (χ1) is 9.79. The number of hydrogen-bond acceptors (Lipinski definition) is 5. The monoisotopic (exact) mass is 313 g/mol. The van der Waals surface area contributed by atoms with Crippen LogP contribution in [0.25, 0.3) is 0 Å². The number of hydrogen-bond donors (Lipinski definition) is 2. The summed E-state index contributed by atoms with van der Waals surface area (Å²) in [5.41, 5.74) is -0.906. The minimum atomic E-state index is -3.46. The number of anilines is 1. The van der Waals surface area contributed by atoms with Gasteiger partial charge < -0.3 is 15.2 Å². The summed E-state index contributed by atoms with van der Waals surface area (Å²) in [7, 11) is -1.92. The first-order valence-corrected chi connectivity index (χ1v) is 8.59. The molecule has 0 bridgehead atoms. The largest absolute Gasteiger partial charge is 0.497 e. The van der Waals surface area contributed by atoms with Gasteiger partial charge in [0.2, 0.25) is 0 Å². The van der Waals surface area contributed by atoms with E-state index in [1.165, 1.54) is 7.11 Å². The van der Waals surface area contributed by atoms with Gasteiger partial charge in [-0.05, 0) is 43.5 Å². The Morgan fingerprint density at radius 2 is 2.00 bits per heavy atom. The van der Waals surface area contributed by atoms with Gasteiger partial charge in [-0.1, -0.05) is 0 Å². The minimum Gasteiger partial charge on any atom is -0.497 e. The maximum atomic E-state index is 11.9. The molecule has 2 atom stereocenters. The van der Waals surface area contributed by atoms with Crippen LogP contribution in [0.3, 0.4) is 0 Å². The Bertz CT molecular complexity index is 625. The Labute approximate surface area is 124 Å². The predicted molar refractivity (Wildman–Crippen MR) is 79.5 cm³/mol. The average molecular weight is 313 g/mol. The summed E-state index contributed by atoms with van der Waals surface area (Å²) >= 11 is 0. The van der Waals surface area contributed by atoms with Gasteiger partial charge in [0.05, 0.1) is 12.4 Å². The van der Waals surface area contributed by atoms with E-state index in [4.69, 9.17) is 4.74 Å². The van der Waals surface area contributed by atoms with Gasteiger partial charge in [0.15, 0.2) is 15.4 Å². The summed E-state index contributed by atoms with van der Waals surface area (Å²) in [6.45, 7) is 0. The Hall–Kier alpha value is -1.76. The van der Waals surface area contributed by atoms with Gasteiger partial charge in [-0.15, -0.1) is 0 Å². The molecule has 0 aliphatic heterocycles. The third-order valence-electron chi connectivity index (χ3n) is 3.94. The summed E-state index contributed by atoms with van der Waals surface area (Å²) in [5.74, 6) is -0.484. The maximum absolute atomic E-state index is 11.9. The Morgan fingerprint density at radius 1 is 1.38 bits per heavy atom. The number of carbonyl (C=O) groups is 1. The second-order valence-corrected chi connectivity index (χ2v) is 7.57. The van der Waals surface area contributed by atoms with Crippen molar-refractivity contribution in [3.05, 3.63) is 24.3 Å². The van der Waals surface area contributed by atoms with Crippen LogP contribution in [0.15, 0.2) is 24.3 Å². The Balaban J connectivity index is 2.36. The number of rotatable bonds is 5. The molecule has 6 nitrogen and oxygen atoms in total. The number of carboxylic acid groups (broad SMARTS) is 1. The molecule has 0 spiro atoms. The summed E-state index contributed by atoms with van der Waals surface area (Å²) in [6.07, 6.45) is 2.30. The number of carboxylic acids is 1. The SMILES string of the molecule is COc1ccc(NC2(C(=O)O)CCCC2S(C)(=O)=O)cc1. The molecule has 7 heteroatoms. The predicted octanol–water partition coefficient (Wildman–Crippen LogP) is 1.53. The van der Waals surface area contributed by atoms with Crippen LogP contribution in [0, 0.1) is 0 Å². The molecule has 1 aliphatic carbocycles. The number of aliphatic carboxylic acids is 1. The quantitative estimate of drug-likeness (QED) is 0.856. The highest BCUT2D eigenvalue weighted by atomic mass is 32.2. The standard InChI is InChI=1S/C14H19NO5S/c1-20-11-7-5-10(6-8-11)15-14(13(16)17)9-3-4-12(14)21(2,18)19/h5-8,12,15H,3-4,9H2,1-2H3,(H,16,17). The van der Waals surface area contributed by atoms with Crippen molar-refractivity contribution in [3.63, 3.8) is 0 Å². The number of ether oxygens (including phenoxy) is 1. The molecule has 0 amide bonds. The molecule has 21 heavy (non-hydrogen) atoms. The van der Waals surface area contributed by atoms with E-state index in [1.54, 1.807) is 24.3 Å². The van der Waals surface area contributed by atoms with E-state index >= 15 is 0 Å². The molecular weight excluding hydrogens is 294 g/mol. The lowest BCUT2D eigenvalue weighted by atomic mass is 9.96. The van der Waals surface area contributed by atoms with Gasteiger partial charge in [-0.2, -0.15) is 0 Å². The third kappa shape index (κ3) is 2.97. The maximum Gasteiger partial charge on any atom is 0.330 e. The highest BCUT2D eigenvalue weighted by molar-refractivity contribution is 7.91. The lowest BCUT2D eigenvalue weighted by molar-refractivity contribution is -0.141. The van der Waals surface area contributed by atoms with Crippen molar-refractivity contribution in [3.8, 4) is 5.75 Å². The van der Waals surface area contributed by atoms with E-state index < -0.39 is 26.6 Å². The molecular formula is C14H19NO5S. The summed E-state index contributed by atoms with van der Waals surface area (Å²) in [6, 6.07) is 6.76. The zero-order valence-electron chi connectivity index (χ0n) is 12.0. The van der Waals surface area contributed by atoms with Crippen molar-refractivity contribution in [1.82, 2.24) is 0 Å². The van der Waals surface area contributed by atoms with Crippen LogP contribution >= 0.6 is 0 Å². The molecule has 116 valence electrons. The van der Waals surface area contributed by atoms with Gasteiger partial charge in [-0.3, -0.25) is 0 Å². The number of methoxy groups -OCH3 is 1. The van der Waals surface area contributed by atoms with E-state index in [1.807, 2.05) is 0 Å². The zero-order valence-corrected chi connectivity index (χ0v) is 12.8. The molecule has 2 rings (SSSR count). The van der Waals surface area contributed by atoms with Crippen LogP contribution in [-0.4, -0.2) is 43.6 Å². The van der Waals surface area contributed by atoms with Crippen LogP contribution in [0.1, 0.15) is 19.3 Å². The van der Waals surface area contributed by atoms with Crippen molar-refractivity contribution < 1.29 is 23.1 Å². The molecule has 1 fully saturated rings. The van der Waals surface area contributed by atoms with E-state index in [0.717, 1.165) is 6.26 Å². The zero-order chi connectivity index (χ0) is 15.7. The average Bonchev–Trinajstić information content (AvgIpc) is 2.85. The second-order valence-electron chi connectivity index (χ2n) is 5.34. The fourth-order valence-corrected chi connectivity index (χ4v) is 4.53. The van der Waals surface area contributed by atoms with Crippen LogP contribution in [0.5, 0.6) is 5.75 Å². The molecule has 0 radical (unpaired) electrons. The molecule has 1 aromatic carbocycles. The minimum absolute atomic E-state index is 0.284. The molecule has 0 saturated heterocycles. The van der Waals surface area contributed by atoms with E-state index in [9.17, 15) is 18.3 Å². The van der Waals surface area contributed by atoms with Crippen molar-refractivity contribution in [2.24, 2.45) is 0 Å². The van der Waals surface area contributed by atoms with Crippen LogP contribution < -0.4 is 10.1 Å². The summed E-state index contributed by atoms with van der Waals surface area (Å²) in [5, 5.41) is 11.6. The molecule has 0 aromatic heterocycles. The van der Waals surface area contributed by atoms with Crippen molar-refractivity contribution in [1.29, 1.82) is 0 Å². The normalized spacial score (nSPS) is 25.5. The number of sulfone groups is 1. The van der Waals surface area contributed by atoms with E-state index in [-0.39, 0.29) is 6.42 Å². The van der Waals surface area contributed by atoms with Gasteiger partial charge in [-0.25, -0.2) is 13.2 Å². The van der Waals surface area contributed by atoms with Crippen LogP contribution in [0.2, 0.25) is 0 Å². The number of benzene rings is 1. The summed E-state index contributed by atoms with van der Waals surface area (Å²) in [4.78, 5) is 11.8.